The lowest BCUT2D eigenvalue weighted by atomic mass is 10.1. The van der Waals surface area contributed by atoms with Crippen molar-refractivity contribution in [1.82, 2.24) is 5.32 Å². The molecule has 0 aliphatic rings. The summed E-state index contributed by atoms with van der Waals surface area (Å²) < 4.78 is 31.3. The van der Waals surface area contributed by atoms with Crippen molar-refractivity contribution in [3.05, 3.63) is 57.6 Å². The fraction of sp³-hybridized carbons (Fsp3) is 0.350. The van der Waals surface area contributed by atoms with Crippen molar-refractivity contribution < 1.29 is 17.9 Å². The standard InChI is InChI=1S/C20H24Cl2N2O4S/c1-13-5-7-17(11-14(13)2)28-10-9-23-20(25)15(3)24(29(4,26)27)19-12-16(21)6-8-18(19)22/h5-8,11-12,15H,9-10H2,1-4H3,(H,23,25). The molecule has 0 saturated heterocycles. The summed E-state index contributed by atoms with van der Waals surface area (Å²) >= 11 is 12.1. The summed E-state index contributed by atoms with van der Waals surface area (Å²) in [7, 11) is -3.79. The van der Waals surface area contributed by atoms with Crippen LogP contribution in [0.3, 0.4) is 0 Å². The number of carbonyl (C=O) groups excluding carboxylic acids is 1. The molecule has 0 heterocycles. The van der Waals surface area contributed by atoms with E-state index in [-0.39, 0.29) is 23.9 Å². The van der Waals surface area contributed by atoms with Gasteiger partial charge < -0.3 is 10.1 Å². The van der Waals surface area contributed by atoms with Crippen LogP contribution in [0.2, 0.25) is 10.0 Å². The Morgan fingerprint density at radius 1 is 1.14 bits per heavy atom. The summed E-state index contributed by atoms with van der Waals surface area (Å²) in [5, 5.41) is 3.18. The number of halogens is 2. The van der Waals surface area contributed by atoms with E-state index in [0.717, 1.165) is 16.1 Å². The molecule has 2 aromatic carbocycles. The summed E-state index contributed by atoms with van der Waals surface area (Å²) in [6.45, 7) is 5.96. The van der Waals surface area contributed by atoms with Crippen LogP contribution in [0.25, 0.3) is 0 Å². The third kappa shape index (κ3) is 6.26. The molecular formula is C20H24Cl2N2O4S. The summed E-state index contributed by atoms with van der Waals surface area (Å²) in [5.74, 6) is 0.231. The maximum absolute atomic E-state index is 12.6. The minimum atomic E-state index is -3.79. The lowest BCUT2D eigenvalue weighted by Gasteiger charge is -2.29. The molecule has 6 nitrogen and oxygen atoms in total. The van der Waals surface area contributed by atoms with E-state index in [1.165, 1.54) is 24.6 Å². The van der Waals surface area contributed by atoms with Gasteiger partial charge in [-0.25, -0.2) is 8.42 Å². The predicted molar refractivity (Wildman–Crippen MR) is 118 cm³/mol. The van der Waals surface area contributed by atoms with Crippen LogP contribution in [0.1, 0.15) is 18.1 Å². The summed E-state index contributed by atoms with van der Waals surface area (Å²) in [4.78, 5) is 12.6. The Kier molecular flexibility index (Phi) is 7.80. The Morgan fingerprint density at radius 2 is 1.83 bits per heavy atom. The number of rotatable bonds is 8. The van der Waals surface area contributed by atoms with Crippen LogP contribution in [0.4, 0.5) is 5.69 Å². The van der Waals surface area contributed by atoms with Gasteiger partial charge in [0.2, 0.25) is 15.9 Å². The van der Waals surface area contributed by atoms with Crippen molar-refractivity contribution >= 4 is 44.8 Å². The molecule has 0 saturated carbocycles. The molecule has 0 aromatic heterocycles. The zero-order valence-corrected chi connectivity index (χ0v) is 19.0. The van der Waals surface area contributed by atoms with E-state index in [0.29, 0.717) is 10.8 Å². The van der Waals surface area contributed by atoms with Crippen molar-refractivity contribution in [2.45, 2.75) is 26.8 Å². The molecule has 158 valence electrons. The predicted octanol–water partition coefficient (Wildman–Crippen LogP) is 3.96. The maximum Gasteiger partial charge on any atom is 0.243 e. The van der Waals surface area contributed by atoms with E-state index in [4.69, 9.17) is 27.9 Å². The van der Waals surface area contributed by atoms with Crippen LogP contribution in [0, 0.1) is 13.8 Å². The van der Waals surface area contributed by atoms with E-state index in [1.807, 2.05) is 32.0 Å². The Balaban J connectivity index is 2.04. The zero-order valence-electron chi connectivity index (χ0n) is 16.7. The van der Waals surface area contributed by atoms with Gasteiger partial charge in [-0.15, -0.1) is 0 Å². The minimum absolute atomic E-state index is 0.149. The average Bonchev–Trinajstić information content (AvgIpc) is 2.63. The Hall–Kier alpha value is -1.96. The van der Waals surface area contributed by atoms with E-state index in [2.05, 4.69) is 5.32 Å². The second-order valence-corrected chi connectivity index (χ2v) is 9.42. The highest BCUT2D eigenvalue weighted by atomic mass is 35.5. The molecule has 0 aliphatic carbocycles. The number of hydrogen-bond acceptors (Lipinski definition) is 4. The van der Waals surface area contributed by atoms with Gasteiger partial charge in [-0.1, -0.05) is 29.3 Å². The molecule has 2 rings (SSSR count). The molecule has 0 fully saturated rings. The highest BCUT2D eigenvalue weighted by Crippen LogP contribution is 2.32. The lowest BCUT2D eigenvalue weighted by Crippen LogP contribution is -2.48. The number of amides is 1. The average molecular weight is 459 g/mol. The monoisotopic (exact) mass is 458 g/mol. The molecule has 9 heteroatoms. The van der Waals surface area contributed by atoms with Gasteiger partial charge in [-0.3, -0.25) is 9.10 Å². The zero-order chi connectivity index (χ0) is 21.8. The van der Waals surface area contributed by atoms with Crippen molar-refractivity contribution in [3.63, 3.8) is 0 Å². The van der Waals surface area contributed by atoms with Crippen LogP contribution >= 0.6 is 23.2 Å². The summed E-state index contributed by atoms with van der Waals surface area (Å²) in [6.07, 6.45) is 1.01. The van der Waals surface area contributed by atoms with Crippen LogP contribution < -0.4 is 14.4 Å². The number of nitrogens with one attached hydrogen (secondary N) is 1. The van der Waals surface area contributed by atoms with Crippen LogP contribution in [-0.4, -0.2) is 39.8 Å². The molecule has 29 heavy (non-hydrogen) atoms. The Bertz CT molecular complexity index is 996. The van der Waals surface area contributed by atoms with Crippen LogP contribution in [-0.2, 0) is 14.8 Å². The van der Waals surface area contributed by atoms with Gasteiger partial charge in [0.1, 0.15) is 18.4 Å². The quantitative estimate of drug-likeness (QED) is 0.607. The van der Waals surface area contributed by atoms with Crippen molar-refractivity contribution in [2.24, 2.45) is 0 Å². The van der Waals surface area contributed by atoms with Gasteiger partial charge in [0.15, 0.2) is 0 Å². The number of sulfonamides is 1. The molecule has 1 atom stereocenters. The second-order valence-electron chi connectivity index (χ2n) is 6.72. The van der Waals surface area contributed by atoms with Gasteiger partial charge in [-0.05, 0) is 62.2 Å². The van der Waals surface area contributed by atoms with Crippen molar-refractivity contribution in [2.75, 3.05) is 23.7 Å². The maximum atomic E-state index is 12.6. The third-order valence-corrected chi connectivity index (χ3v) is 6.16. The highest BCUT2D eigenvalue weighted by Gasteiger charge is 2.30. The number of nitrogens with zero attached hydrogens (tertiary/aromatic N) is 1. The number of ether oxygens (including phenoxy) is 1. The number of anilines is 1. The topological polar surface area (TPSA) is 75.7 Å². The molecule has 1 N–H and O–H groups in total. The van der Waals surface area contributed by atoms with Gasteiger partial charge in [0.05, 0.1) is 23.5 Å². The molecule has 0 spiro atoms. The SMILES string of the molecule is Cc1ccc(OCCNC(=O)C(C)N(c2cc(Cl)ccc2Cl)S(C)(=O)=O)cc1C. The van der Waals surface area contributed by atoms with Crippen LogP contribution in [0.15, 0.2) is 36.4 Å². The molecular weight excluding hydrogens is 435 g/mol. The van der Waals surface area contributed by atoms with E-state index >= 15 is 0 Å². The molecule has 1 amide bonds. The Labute approximate surface area is 181 Å². The largest absolute Gasteiger partial charge is 0.492 e. The fourth-order valence-electron chi connectivity index (χ4n) is 2.73. The smallest absolute Gasteiger partial charge is 0.243 e. The summed E-state index contributed by atoms with van der Waals surface area (Å²) in [6, 6.07) is 9.16. The Morgan fingerprint density at radius 3 is 2.45 bits per heavy atom. The first-order valence-electron chi connectivity index (χ1n) is 8.93. The molecule has 2 aromatic rings. The minimum Gasteiger partial charge on any atom is -0.492 e. The lowest BCUT2D eigenvalue weighted by molar-refractivity contribution is -0.121. The first-order chi connectivity index (χ1) is 13.5. The van der Waals surface area contributed by atoms with E-state index in [9.17, 15) is 13.2 Å². The van der Waals surface area contributed by atoms with Gasteiger partial charge in [0.25, 0.3) is 0 Å². The van der Waals surface area contributed by atoms with Crippen LogP contribution in [0.5, 0.6) is 5.75 Å². The number of aryl methyl sites for hydroxylation is 2. The number of hydrogen-bond donors (Lipinski definition) is 1. The second kappa shape index (κ2) is 9.69. The normalized spacial score (nSPS) is 12.3. The molecule has 0 radical (unpaired) electrons. The first-order valence-corrected chi connectivity index (χ1v) is 11.5. The van der Waals surface area contributed by atoms with Crippen molar-refractivity contribution in [1.29, 1.82) is 0 Å². The number of benzene rings is 2. The highest BCUT2D eigenvalue weighted by molar-refractivity contribution is 7.92. The molecule has 0 aliphatic heterocycles. The van der Waals surface area contributed by atoms with Gasteiger partial charge in [-0.2, -0.15) is 0 Å². The fourth-order valence-corrected chi connectivity index (χ4v) is 4.33. The van der Waals surface area contributed by atoms with Crippen molar-refractivity contribution in [3.8, 4) is 5.75 Å². The van der Waals surface area contributed by atoms with Gasteiger partial charge >= 0.3 is 0 Å². The summed E-state index contributed by atoms with van der Waals surface area (Å²) in [5.41, 5.74) is 2.43. The van der Waals surface area contributed by atoms with E-state index in [1.54, 1.807) is 6.07 Å². The van der Waals surface area contributed by atoms with E-state index < -0.39 is 22.0 Å². The van der Waals surface area contributed by atoms with Gasteiger partial charge in [0, 0.05) is 5.02 Å². The molecule has 0 bridgehead atoms. The third-order valence-electron chi connectivity index (χ3n) is 4.38. The number of carbonyl (C=O) groups is 1. The molecule has 1 unspecified atom stereocenters. The first kappa shape index (κ1) is 23.3.